The van der Waals surface area contributed by atoms with Gasteiger partial charge in [0.1, 0.15) is 5.82 Å². The molecule has 1 aromatic rings. The number of carbonyl (C=O) groups is 1. The summed E-state index contributed by atoms with van der Waals surface area (Å²) in [6.07, 6.45) is -0.565. The van der Waals surface area contributed by atoms with E-state index in [1.807, 2.05) is 0 Å². The van der Waals surface area contributed by atoms with Crippen molar-refractivity contribution in [1.29, 1.82) is 0 Å². The number of halogens is 3. The second kappa shape index (κ2) is 7.10. The monoisotopic (exact) mass is 277 g/mol. The van der Waals surface area contributed by atoms with Crippen LogP contribution in [0.2, 0.25) is 0 Å². The third-order valence-corrected chi connectivity index (χ3v) is 2.38. The summed E-state index contributed by atoms with van der Waals surface area (Å²) in [6.45, 7) is 0.164. The molecular formula is C12H14F3NO3. The van der Waals surface area contributed by atoms with Crippen molar-refractivity contribution in [2.75, 3.05) is 20.3 Å². The molecular weight excluding hydrogens is 263 g/mol. The fourth-order valence-corrected chi connectivity index (χ4v) is 1.42. The molecule has 2 N–H and O–H groups in total. The first kappa shape index (κ1) is 15.5. The van der Waals surface area contributed by atoms with Crippen LogP contribution in [-0.2, 0) is 4.74 Å². The molecule has 4 nitrogen and oxygen atoms in total. The van der Waals surface area contributed by atoms with Gasteiger partial charge in [-0.15, -0.1) is 0 Å². The highest BCUT2D eigenvalue weighted by Gasteiger charge is 2.16. The molecule has 0 saturated heterocycles. The minimum absolute atomic E-state index is 0.0573. The van der Waals surface area contributed by atoms with Gasteiger partial charge < -0.3 is 15.2 Å². The van der Waals surface area contributed by atoms with Gasteiger partial charge in [-0.05, 0) is 12.5 Å². The number of nitrogens with one attached hydrogen (secondary N) is 1. The Bertz CT molecular complexity index is 454. The fraction of sp³-hybridized carbons (Fsp3) is 0.417. The van der Waals surface area contributed by atoms with Gasteiger partial charge in [0.25, 0.3) is 5.91 Å². The Kier molecular flexibility index (Phi) is 5.78. The maximum atomic E-state index is 13.3. The van der Waals surface area contributed by atoms with Gasteiger partial charge in [-0.25, -0.2) is 13.2 Å². The summed E-state index contributed by atoms with van der Waals surface area (Å²) >= 11 is 0. The lowest BCUT2D eigenvalue weighted by atomic mass is 10.2. The third kappa shape index (κ3) is 4.53. The van der Waals surface area contributed by atoms with E-state index >= 15 is 0 Å². The topological polar surface area (TPSA) is 58.6 Å². The fourth-order valence-electron chi connectivity index (χ4n) is 1.42. The molecule has 0 spiro atoms. The summed E-state index contributed by atoms with van der Waals surface area (Å²) in [5.41, 5.74) is -0.583. The molecule has 0 aromatic heterocycles. The van der Waals surface area contributed by atoms with Crippen LogP contribution in [0.1, 0.15) is 16.8 Å². The lowest BCUT2D eigenvalue weighted by molar-refractivity contribution is 0.0587. The van der Waals surface area contributed by atoms with E-state index in [0.717, 1.165) is 0 Å². The Labute approximate surface area is 108 Å². The van der Waals surface area contributed by atoms with Crippen LogP contribution in [0.3, 0.4) is 0 Å². The van der Waals surface area contributed by atoms with Crippen LogP contribution in [-0.4, -0.2) is 37.4 Å². The average molecular weight is 277 g/mol. The van der Waals surface area contributed by atoms with Gasteiger partial charge in [0, 0.05) is 19.7 Å². The highest BCUT2D eigenvalue weighted by Crippen LogP contribution is 2.13. The van der Waals surface area contributed by atoms with Gasteiger partial charge in [-0.1, -0.05) is 0 Å². The SMILES string of the molecule is COCC(O)CCNC(=O)c1cc(F)c(F)cc1F. The molecule has 0 fully saturated rings. The van der Waals surface area contributed by atoms with Gasteiger partial charge in [-0.2, -0.15) is 0 Å². The molecule has 1 aromatic carbocycles. The van der Waals surface area contributed by atoms with Crippen molar-refractivity contribution in [2.24, 2.45) is 0 Å². The summed E-state index contributed by atoms with van der Waals surface area (Å²) in [7, 11) is 1.42. The van der Waals surface area contributed by atoms with Crippen molar-refractivity contribution >= 4 is 5.91 Å². The summed E-state index contributed by atoms with van der Waals surface area (Å²) < 4.78 is 43.5. The minimum atomic E-state index is -1.36. The predicted octanol–water partition coefficient (Wildman–Crippen LogP) is 1.23. The van der Waals surface area contributed by atoms with E-state index in [1.165, 1.54) is 7.11 Å². The van der Waals surface area contributed by atoms with Crippen molar-refractivity contribution in [3.05, 3.63) is 35.1 Å². The molecule has 19 heavy (non-hydrogen) atoms. The van der Waals surface area contributed by atoms with Crippen LogP contribution in [0.15, 0.2) is 12.1 Å². The number of aliphatic hydroxyl groups excluding tert-OH is 1. The number of aliphatic hydroxyl groups is 1. The Morgan fingerprint density at radius 2 is 1.95 bits per heavy atom. The quantitative estimate of drug-likeness (QED) is 0.769. The van der Waals surface area contributed by atoms with Crippen molar-refractivity contribution < 1.29 is 27.8 Å². The molecule has 106 valence electrons. The first-order valence-electron chi connectivity index (χ1n) is 5.55. The average Bonchev–Trinajstić information content (AvgIpc) is 2.34. The van der Waals surface area contributed by atoms with Gasteiger partial charge in [0.15, 0.2) is 11.6 Å². The van der Waals surface area contributed by atoms with E-state index in [0.29, 0.717) is 12.1 Å². The summed E-state index contributed by atoms with van der Waals surface area (Å²) in [6, 6.07) is 0.801. The zero-order valence-corrected chi connectivity index (χ0v) is 10.3. The first-order valence-corrected chi connectivity index (χ1v) is 5.55. The van der Waals surface area contributed by atoms with E-state index < -0.39 is 35.0 Å². The van der Waals surface area contributed by atoms with Crippen LogP contribution < -0.4 is 5.32 Å². The molecule has 1 amide bonds. The molecule has 0 aliphatic heterocycles. The summed E-state index contributed by atoms with van der Waals surface area (Å²) in [5, 5.41) is 11.6. The molecule has 0 aliphatic carbocycles. The maximum absolute atomic E-state index is 13.3. The van der Waals surface area contributed by atoms with E-state index in [9.17, 15) is 23.1 Å². The smallest absolute Gasteiger partial charge is 0.254 e. The lowest BCUT2D eigenvalue weighted by Crippen LogP contribution is -2.29. The van der Waals surface area contributed by atoms with Crippen LogP contribution >= 0.6 is 0 Å². The zero-order chi connectivity index (χ0) is 14.4. The highest BCUT2D eigenvalue weighted by atomic mass is 19.2. The van der Waals surface area contributed by atoms with Crippen molar-refractivity contribution in [1.82, 2.24) is 5.32 Å². The summed E-state index contributed by atoms with van der Waals surface area (Å²) in [4.78, 5) is 11.5. The van der Waals surface area contributed by atoms with Crippen LogP contribution in [0.4, 0.5) is 13.2 Å². The van der Waals surface area contributed by atoms with Crippen LogP contribution in [0.25, 0.3) is 0 Å². The largest absolute Gasteiger partial charge is 0.391 e. The maximum Gasteiger partial charge on any atom is 0.254 e. The third-order valence-electron chi connectivity index (χ3n) is 2.38. The second-order valence-corrected chi connectivity index (χ2v) is 3.90. The van der Waals surface area contributed by atoms with Crippen LogP contribution in [0.5, 0.6) is 0 Å². The van der Waals surface area contributed by atoms with Gasteiger partial charge >= 0.3 is 0 Å². The number of ether oxygens (including phenoxy) is 1. The van der Waals surface area contributed by atoms with Gasteiger partial charge in [0.2, 0.25) is 0 Å². The predicted molar refractivity (Wildman–Crippen MR) is 61.1 cm³/mol. The Morgan fingerprint density at radius 3 is 2.58 bits per heavy atom. The van der Waals surface area contributed by atoms with Crippen molar-refractivity contribution in [3.8, 4) is 0 Å². The Balaban J connectivity index is 2.57. The molecule has 0 aliphatic rings. The molecule has 0 saturated carbocycles. The molecule has 7 heteroatoms. The first-order chi connectivity index (χ1) is 8.95. The lowest BCUT2D eigenvalue weighted by Gasteiger charge is -2.10. The highest BCUT2D eigenvalue weighted by molar-refractivity contribution is 5.94. The van der Waals surface area contributed by atoms with E-state index in [2.05, 4.69) is 10.1 Å². The van der Waals surface area contributed by atoms with Crippen molar-refractivity contribution in [3.63, 3.8) is 0 Å². The standard InChI is InChI=1S/C12H14F3NO3/c1-19-6-7(17)2-3-16-12(18)8-4-10(14)11(15)5-9(8)13/h4-5,7,17H,2-3,6H2,1H3,(H,16,18). The second-order valence-electron chi connectivity index (χ2n) is 3.90. The minimum Gasteiger partial charge on any atom is -0.391 e. The molecule has 1 rings (SSSR count). The number of benzene rings is 1. The number of rotatable bonds is 6. The Hall–Kier alpha value is -1.60. The Morgan fingerprint density at radius 1 is 1.32 bits per heavy atom. The van der Waals surface area contributed by atoms with Gasteiger partial charge in [0.05, 0.1) is 18.3 Å². The van der Waals surface area contributed by atoms with Gasteiger partial charge in [-0.3, -0.25) is 4.79 Å². The zero-order valence-electron chi connectivity index (χ0n) is 10.3. The number of hydrogen-bond donors (Lipinski definition) is 2. The number of hydrogen-bond acceptors (Lipinski definition) is 3. The normalized spacial score (nSPS) is 12.3. The molecule has 1 atom stereocenters. The molecule has 1 unspecified atom stereocenters. The number of amides is 1. The van der Waals surface area contributed by atoms with Crippen molar-refractivity contribution in [2.45, 2.75) is 12.5 Å². The molecule has 0 heterocycles. The number of carbonyl (C=O) groups excluding carboxylic acids is 1. The molecule has 0 bridgehead atoms. The van der Waals surface area contributed by atoms with Crippen LogP contribution in [0, 0.1) is 17.5 Å². The van der Waals surface area contributed by atoms with E-state index in [-0.39, 0.29) is 19.6 Å². The van der Waals surface area contributed by atoms with E-state index in [1.54, 1.807) is 0 Å². The van der Waals surface area contributed by atoms with E-state index in [4.69, 9.17) is 0 Å². The summed E-state index contributed by atoms with van der Waals surface area (Å²) in [5.74, 6) is -4.68. The molecule has 0 radical (unpaired) electrons. The number of methoxy groups -OCH3 is 1.